The van der Waals surface area contributed by atoms with Gasteiger partial charge >= 0.3 is 16.1 Å². The molecular formula is C20H25N9O12P2. The van der Waals surface area contributed by atoms with Crippen LogP contribution < -0.4 is 11.3 Å². The number of H-pyrrole nitrogens is 1. The zero-order valence-electron chi connectivity index (χ0n) is 21.7. The maximum Gasteiger partial charge on any atom is 0.472 e. The molecule has 9 atom stereocenters. The first kappa shape index (κ1) is 29.9. The molecule has 2 aliphatic rings. The zero-order chi connectivity index (χ0) is 30.5. The quantitative estimate of drug-likeness (QED) is 0.105. The molecule has 4 aromatic rings. The Hall–Kier alpha value is -3.20. The van der Waals surface area contributed by atoms with Crippen LogP contribution in [0.25, 0.3) is 22.3 Å². The number of aromatic amines is 1. The van der Waals surface area contributed by atoms with Gasteiger partial charge in [-0.1, -0.05) is 0 Å². The number of nitrogens with zero attached hydrogens (tertiary/aromatic N) is 7. The number of phosphoric acid groups is 1. The smallest absolute Gasteiger partial charge is 0.394 e. The fourth-order valence-corrected chi connectivity index (χ4v) is 6.45. The highest BCUT2D eigenvalue weighted by Crippen LogP contribution is 2.50. The molecule has 0 bridgehead atoms. The minimum atomic E-state index is -4.94. The van der Waals surface area contributed by atoms with Gasteiger partial charge in [0, 0.05) is 6.42 Å². The number of hydrogen-bond donors (Lipinski definition) is 6. The van der Waals surface area contributed by atoms with Gasteiger partial charge in [0.15, 0.2) is 35.1 Å². The van der Waals surface area contributed by atoms with Crippen molar-refractivity contribution in [1.29, 1.82) is 0 Å². The maximum atomic E-state index is 13.1. The lowest BCUT2D eigenvalue weighted by Crippen LogP contribution is -2.35. The van der Waals surface area contributed by atoms with Crippen molar-refractivity contribution in [1.82, 2.24) is 39.0 Å². The Balaban J connectivity index is 1.20. The first-order chi connectivity index (χ1) is 20.6. The summed E-state index contributed by atoms with van der Waals surface area (Å²) in [5.41, 5.74) is 5.77. The van der Waals surface area contributed by atoms with Gasteiger partial charge in [0.05, 0.1) is 38.3 Å². The summed E-state index contributed by atoms with van der Waals surface area (Å²) in [7, 11) is -8.55. The normalized spacial score (nSPS) is 29.8. The Morgan fingerprint density at radius 2 is 1.84 bits per heavy atom. The molecule has 2 saturated heterocycles. The van der Waals surface area contributed by atoms with E-state index in [1.165, 1.54) is 28.1 Å². The summed E-state index contributed by atoms with van der Waals surface area (Å²) in [6.07, 6.45) is -4.04. The summed E-state index contributed by atoms with van der Waals surface area (Å²) in [6, 6.07) is 0. The van der Waals surface area contributed by atoms with Gasteiger partial charge in [-0.3, -0.25) is 27.5 Å². The van der Waals surface area contributed by atoms with Crippen LogP contribution in [0.5, 0.6) is 0 Å². The number of nitrogen functional groups attached to an aromatic ring is 1. The van der Waals surface area contributed by atoms with Gasteiger partial charge in [0.2, 0.25) is 0 Å². The maximum absolute atomic E-state index is 13.1. The molecule has 0 aliphatic carbocycles. The summed E-state index contributed by atoms with van der Waals surface area (Å²) in [4.78, 5) is 54.6. The third kappa shape index (κ3) is 5.73. The number of rotatable bonds is 10. The van der Waals surface area contributed by atoms with E-state index in [4.69, 9.17) is 28.8 Å². The lowest BCUT2D eigenvalue weighted by atomic mass is 10.1. The summed E-state index contributed by atoms with van der Waals surface area (Å²) in [5, 5.41) is 20.6. The number of phosphoric ester groups is 1. The molecule has 2 aliphatic heterocycles. The molecule has 21 nitrogen and oxygen atoms in total. The Kier molecular flexibility index (Phi) is 8.13. The van der Waals surface area contributed by atoms with Crippen LogP contribution in [-0.4, -0.2) is 103 Å². The molecule has 0 spiro atoms. The van der Waals surface area contributed by atoms with Crippen molar-refractivity contribution >= 4 is 44.2 Å². The molecule has 0 amide bonds. The highest BCUT2D eigenvalue weighted by atomic mass is 31.2. The molecule has 23 heteroatoms. The van der Waals surface area contributed by atoms with E-state index in [0.29, 0.717) is 0 Å². The van der Waals surface area contributed by atoms with Crippen molar-refractivity contribution in [3.05, 3.63) is 35.7 Å². The number of anilines is 1. The van der Waals surface area contributed by atoms with Crippen molar-refractivity contribution in [3.63, 3.8) is 0 Å². The number of imidazole rings is 2. The predicted octanol–water partition coefficient (Wildman–Crippen LogP) is -1.65. The summed E-state index contributed by atoms with van der Waals surface area (Å²) in [5.74, 6) is 0.0617. The van der Waals surface area contributed by atoms with Gasteiger partial charge < -0.3 is 44.7 Å². The minimum Gasteiger partial charge on any atom is -0.394 e. The molecule has 0 saturated carbocycles. The zero-order valence-corrected chi connectivity index (χ0v) is 23.6. The van der Waals surface area contributed by atoms with Gasteiger partial charge in [0.1, 0.15) is 36.3 Å². The SMILES string of the molecule is Nc1ncnc2c1ncn2[C@@H]1O[C@H](COP(=O)(O)O[C@@H]2C[C@@H](CO)O[C@H]2n2cnc3c(=O)[nH]cnc32)[C@@H](O[PH](=O)O)[C@H]1O. The van der Waals surface area contributed by atoms with Gasteiger partial charge in [-0.2, -0.15) is 0 Å². The second-order valence-corrected chi connectivity index (χ2v) is 11.7. The average Bonchev–Trinajstić information content (AvgIpc) is 3.73. The van der Waals surface area contributed by atoms with Gasteiger partial charge in [-0.25, -0.2) is 29.5 Å². The number of aliphatic hydroxyl groups is 2. The van der Waals surface area contributed by atoms with Gasteiger partial charge in [-0.05, 0) is 0 Å². The van der Waals surface area contributed by atoms with Crippen LogP contribution >= 0.6 is 16.1 Å². The standard InChI is InChI=1S/C20H25N9O12P2/c21-15-11-16(23-4-22-15)29(6-26-11)20-13(31)14(40-42(33)34)10(39-20)3-37-43(35,36)41-9-1-8(2-30)38-19(9)28-7-27-12-17(28)24-5-25-18(12)32/h4-10,13-14,19-20,30-31,42H,1-3H2,(H,33,34)(H,35,36)(H2,21,22,23)(H,24,25,32)/t8-,9+,10+,13+,14+,19+,20+/m0/s1. The third-order valence-electron chi connectivity index (χ3n) is 6.87. The van der Waals surface area contributed by atoms with Crippen LogP contribution in [0.1, 0.15) is 18.9 Å². The van der Waals surface area contributed by atoms with E-state index in [0.717, 1.165) is 6.33 Å². The van der Waals surface area contributed by atoms with E-state index in [1.54, 1.807) is 0 Å². The number of ether oxygens (including phenoxy) is 2. The Bertz CT molecular complexity index is 1770. The van der Waals surface area contributed by atoms with Crippen LogP contribution in [0, 0.1) is 0 Å². The van der Waals surface area contributed by atoms with Crippen LogP contribution in [0.3, 0.4) is 0 Å². The monoisotopic (exact) mass is 645 g/mol. The summed E-state index contributed by atoms with van der Waals surface area (Å²) in [6.45, 7) is -1.18. The van der Waals surface area contributed by atoms with E-state index in [2.05, 4.69) is 29.9 Å². The molecule has 6 rings (SSSR count). The van der Waals surface area contributed by atoms with Crippen LogP contribution in [0.2, 0.25) is 0 Å². The fourth-order valence-electron chi connectivity index (χ4n) is 4.99. The fraction of sp³-hybridized carbons (Fsp3) is 0.500. The third-order valence-corrected chi connectivity index (χ3v) is 8.35. The number of aromatic nitrogens is 8. The number of aliphatic hydroxyl groups excluding tert-OH is 2. The first-order valence-electron chi connectivity index (χ1n) is 12.5. The van der Waals surface area contributed by atoms with Crippen molar-refractivity contribution in [2.24, 2.45) is 0 Å². The molecule has 0 aromatic carbocycles. The van der Waals surface area contributed by atoms with Crippen molar-refractivity contribution in [2.75, 3.05) is 18.9 Å². The molecule has 4 aromatic heterocycles. The topological polar surface area (TPSA) is 294 Å². The van der Waals surface area contributed by atoms with E-state index in [-0.39, 0.29) is 34.6 Å². The molecule has 7 N–H and O–H groups in total. The number of fused-ring (bicyclic) bond motifs is 2. The molecule has 2 unspecified atom stereocenters. The molecule has 2 fully saturated rings. The predicted molar refractivity (Wildman–Crippen MR) is 140 cm³/mol. The first-order valence-corrected chi connectivity index (χ1v) is 15.3. The molecular weight excluding hydrogens is 620 g/mol. The van der Waals surface area contributed by atoms with E-state index in [9.17, 15) is 33.9 Å². The van der Waals surface area contributed by atoms with Crippen LogP contribution in [0.15, 0.2) is 30.1 Å². The van der Waals surface area contributed by atoms with Gasteiger partial charge in [0.25, 0.3) is 5.56 Å². The largest absolute Gasteiger partial charge is 0.472 e. The summed E-state index contributed by atoms with van der Waals surface area (Å²) >= 11 is 0. The van der Waals surface area contributed by atoms with Crippen molar-refractivity contribution in [3.8, 4) is 0 Å². The van der Waals surface area contributed by atoms with Crippen LogP contribution in [0.4, 0.5) is 5.82 Å². The Morgan fingerprint density at radius 3 is 2.58 bits per heavy atom. The molecule has 0 radical (unpaired) electrons. The van der Waals surface area contributed by atoms with Crippen molar-refractivity contribution < 1.29 is 52.2 Å². The minimum absolute atomic E-state index is 0.0127. The van der Waals surface area contributed by atoms with Crippen molar-refractivity contribution in [2.45, 2.75) is 49.4 Å². The lowest BCUT2D eigenvalue weighted by Gasteiger charge is -2.24. The number of nitrogens with one attached hydrogen (secondary N) is 1. The molecule has 6 heterocycles. The Morgan fingerprint density at radius 1 is 1.12 bits per heavy atom. The highest BCUT2D eigenvalue weighted by Gasteiger charge is 2.49. The van der Waals surface area contributed by atoms with E-state index >= 15 is 0 Å². The second-order valence-electron chi connectivity index (χ2n) is 9.52. The van der Waals surface area contributed by atoms with Crippen LogP contribution in [-0.2, 0) is 32.2 Å². The second kappa shape index (κ2) is 11.7. The van der Waals surface area contributed by atoms with E-state index < -0.39 is 77.8 Å². The number of hydrogen-bond acceptors (Lipinski definition) is 16. The molecule has 43 heavy (non-hydrogen) atoms. The number of nitrogens with two attached hydrogens (primary N) is 1. The average molecular weight is 645 g/mol. The Labute approximate surface area is 239 Å². The lowest BCUT2D eigenvalue weighted by molar-refractivity contribution is -0.0608. The molecule has 232 valence electrons. The van der Waals surface area contributed by atoms with E-state index in [1.807, 2.05) is 0 Å². The van der Waals surface area contributed by atoms with Gasteiger partial charge in [-0.15, -0.1) is 0 Å². The highest BCUT2D eigenvalue weighted by molar-refractivity contribution is 7.47. The summed E-state index contributed by atoms with van der Waals surface area (Å²) < 4.78 is 54.4.